The lowest BCUT2D eigenvalue weighted by Gasteiger charge is -2.33. The number of hydrogen-bond acceptors (Lipinski definition) is 6. The van der Waals surface area contributed by atoms with Gasteiger partial charge < -0.3 is 20.1 Å². The summed E-state index contributed by atoms with van der Waals surface area (Å²) in [6, 6.07) is 10.5. The van der Waals surface area contributed by atoms with Crippen LogP contribution >= 0.6 is 0 Å². The van der Waals surface area contributed by atoms with Crippen LogP contribution in [0.1, 0.15) is 47.9 Å². The van der Waals surface area contributed by atoms with Crippen molar-refractivity contribution in [1.82, 2.24) is 24.9 Å². The van der Waals surface area contributed by atoms with E-state index in [0.717, 1.165) is 57.5 Å². The first-order valence-corrected chi connectivity index (χ1v) is 14.9. The molecule has 2 aliphatic heterocycles. The Hall–Kier alpha value is -4.25. The molecule has 10 nitrogen and oxygen atoms in total. The van der Waals surface area contributed by atoms with Gasteiger partial charge in [0.25, 0.3) is 0 Å². The van der Waals surface area contributed by atoms with Crippen molar-refractivity contribution < 1.29 is 28.6 Å². The van der Waals surface area contributed by atoms with E-state index in [4.69, 9.17) is 4.74 Å². The minimum atomic E-state index is -1.32. The molecule has 4 aliphatic rings. The highest BCUT2D eigenvalue weighted by Crippen LogP contribution is 2.48. The molecule has 2 unspecified atom stereocenters. The Morgan fingerprint density at radius 2 is 1.91 bits per heavy atom. The van der Waals surface area contributed by atoms with Gasteiger partial charge >= 0.3 is 6.09 Å². The molecular formula is C32H34FN5O5. The molecule has 2 aromatic carbocycles. The molecule has 11 heteroatoms. The van der Waals surface area contributed by atoms with Crippen LogP contribution in [-0.4, -0.2) is 68.5 Å². The molecule has 3 atom stereocenters. The minimum Gasteiger partial charge on any atom is -0.433 e. The van der Waals surface area contributed by atoms with Gasteiger partial charge in [-0.15, -0.1) is 0 Å². The van der Waals surface area contributed by atoms with Gasteiger partial charge in [-0.3, -0.25) is 19.2 Å². The van der Waals surface area contributed by atoms with Crippen molar-refractivity contribution >= 4 is 17.9 Å². The van der Waals surface area contributed by atoms with Crippen molar-refractivity contribution in [2.24, 2.45) is 5.92 Å². The Morgan fingerprint density at radius 1 is 1.07 bits per heavy atom. The van der Waals surface area contributed by atoms with E-state index in [0.29, 0.717) is 31.7 Å². The van der Waals surface area contributed by atoms with Gasteiger partial charge in [-0.05, 0) is 72.4 Å². The number of fused-ring (bicyclic) bond motifs is 3. The normalized spacial score (nSPS) is 24.5. The second-order valence-corrected chi connectivity index (χ2v) is 12.1. The number of nitrogens with zero attached hydrogens (tertiary/aromatic N) is 4. The Bertz CT molecular complexity index is 1620. The van der Waals surface area contributed by atoms with Crippen LogP contribution in [0, 0.1) is 11.7 Å². The van der Waals surface area contributed by atoms with Gasteiger partial charge in [0.15, 0.2) is 11.8 Å². The number of rotatable bonds is 6. The van der Waals surface area contributed by atoms with Crippen LogP contribution in [-0.2, 0) is 45.9 Å². The molecule has 2 fully saturated rings. The number of ether oxygens (including phenoxy) is 1. The van der Waals surface area contributed by atoms with Crippen LogP contribution < -0.4 is 5.32 Å². The minimum absolute atomic E-state index is 0.0130. The van der Waals surface area contributed by atoms with Gasteiger partial charge in [0.05, 0.1) is 6.20 Å². The lowest BCUT2D eigenvalue weighted by Crippen LogP contribution is -2.49. The Morgan fingerprint density at radius 3 is 2.70 bits per heavy atom. The number of aryl methyl sites for hydroxylation is 2. The molecule has 43 heavy (non-hydrogen) atoms. The second kappa shape index (κ2) is 10.5. The van der Waals surface area contributed by atoms with E-state index in [1.807, 2.05) is 23.1 Å². The molecule has 1 saturated carbocycles. The van der Waals surface area contributed by atoms with Crippen LogP contribution in [0.5, 0.6) is 0 Å². The zero-order valence-electron chi connectivity index (χ0n) is 24.0. The number of amides is 3. The molecule has 224 valence electrons. The average Bonchev–Trinajstić information content (AvgIpc) is 3.61. The molecule has 0 bridgehead atoms. The standard InChI is InChI=1S/C32H34FN5O5/c1-34-28(39)17-36-15-24(14-35-36)20-5-8-26-22(12-20)10-11-32(26)30(41)38(31(42)43-32)18-29(40)37-16-23-4-7-25(33)13-21(23)6-9-27(37)19-2-3-19/h4-5,7-8,12-15,19,27,30,41H,2-3,6,9-11,16-18H2,1H3,(H,34,39)/t27-,30?,32?/m0/s1. The molecule has 0 radical (unpaired) electrons. The number of carbonyl (C=O) groups is 3. The van der Waals surface area contributed by atoms with Crippen molar-refractivity contribution in [3.05, 3.63) is 76.9 Å². The molecule has 3 heterocycles. The monoisotopic (exact) mass is 587 g/mol. The number of aliphatic hydroxyl groups excluding tert-OH is 1. The summed E-state index contributed by atoms with van der Waals surface area (Å²) in [5.41, 5.74) is 3.99. The molecule has 2 N–H and O–H groups in total. The lowest BCUT2D eigenvalue weighted by molar-refractivity contribution is -0.138. The summed E-state index contributed by atoms with van der Waals surface area (Å²) < 4.78 is 21.4. The molecule has 7 rings (SSSR count). The fourth-order valence-corrected chi connectivity index (χ4v) is 7.04. The SMILES string of the molecule is CNC(=O)Cn1cc(-c2ccc3c(c2)CCC32OC(=O)N(CC(=O)N3Cc4ccc(F)cc4CC[C@H]3C3CC3)C2O)cn1. The van der Waals surface area contributed by atoms with Crippen LogP contribution in [0.15, 0.2) is 48.8 Å². The summed E-state index contributed by atoms with van der Waals surface area (Å²) in [6.45, 7) is 0.176. The number of carbonyl (C=O) groups excluding carboxylic acids is 3. The predicted octanol–water partition coefficient (Wildman–Crippen LogP) is 3.10. The summed E-state index contributed by atoms with van der Waals surface area (Å²) >= 11 is 0. The summed E-state index contributed by atoms with van der Waals surface area (Å²) in [5.74, 6) is -0.277. The van der Waals surface area contributed by atoms with Crippen LogP contribution in [0.3, 0.4) is 0 Å². The van der Waals surface area contributed by atoms with E-state index in [2.05, 4.69) is 10.4 Å². The maximum absolute atomic E-state index is 13.9. The number of halogens is 1. The van der Waals surface area contributed by atoms with Gasteiger partial charge in [0.2, 0.25) is 11.8 Å². The Kier molecular flexibility index (Phi) is 6.72. The third-order valence-electron chi connectivity index (χ3n) is 9.51. The maximum atomic E-state index is 13.9. The lowest BCUT2D eigenvalue weighted by atomic mass is 9.92. The molecular weight excluding hydrogens is 553 g/mol. The molecule has 1 aromatic heterocycles. The molecule has 1 spiro atoms. The molecule has 3 amide bonds. The van der Waals surface area contributed by atoms with Crippen molar-refractivity contribution in [2.45, 2.75) is 69.5 Å². The van der Waals surface area contributed by atoms with Gasteiger partial charge in [-0.1, -0.05) is 24.3 Å². The second-order valence-electron chi connectivity index (χ2n) is 12.1. The molecule has 3 aromatic rings. The summed E-state index contributed by atoms with van der Waals surface area (Å²) in [6.07, 6.45) is 5.97. The van der Waals surface area contributed by atoms with Gasteiger partial charge in [-0.25, -0.2) is 9.18 Å². The first kappa shape index (κ1) is 27.6. The van der Waals surface area contributed by atoms with Crippen molar-refractivity contribution in [1.29, 1.82) is 0 Å². The van der Waals surface area contributed by atoms with E-state index in [1.165, 1.54) is 6.07 Å². The summed E-state index contributed by atoms with van der Waals surface area (Å²) in [4.78, 5) is 41.7. The fourth-order valence-electron chi connectivity index (χ4n) is 7.04. The van der Waals surface area contributed by atoms with Crippen molar-refractivity contribution in [3.63, 3.8) is 0 Å². The highest BCUT2D eigenvalue weighted by Gasteiger charge is 2.58. The van der Waals surface area contributed by atoms with Crippen LogP contribution in [0.25, 0.3) is 11.1 Å². The van der Waals surface area contributed by atoms with Gasteiger partial charge in [0.1, 0.15) is 18.9 Å². The maximum Gasteiger partial charge on any atom is 0.413 e. The Labute approximate surface area is 248 Å². The first-order valence-electron chi connectivity index (χ1n) is 14.9. The number of hydrogen-bond donors (Lipinski definition) is 2. The van der Waals surface area contributed by atoms with E-state index >= 15 is 0 Å². The topological polar surface area (TPSA) is 117 Å². The first-order chi connectivity index (χ1) is 20.8. The fraction of sp³-hybridized carbons (Fsp3) is 0.438. The van der Waals surface area contributed by atoms with E-state index in [1.54, 1.807) is 36.3 Å². The number of aliphatic hydroxyl groups is 1. The zero-order chi connectivity index (χ0) is 29.9. The zero-order valence-corrected chi connectivity index (χ0v) is 24.0. The van der Waals surface area contributed by atoms with Crippen molar-refractivity contribution in [2.75, 3.05) is 13.6 Å². The third kappa shape index (κ3) is 4.85. The third-order valence-corrected chi connectivity index (χ3v) is 9.51. The smallest absolute Gasteiger partial charge is 0.413 e. The number of benzene rings is 2. The summed E-state index contributed by atoms with van der Waals surface area (Å²) in [5, 5.41) is 18.4. The highest BCUT2D eigenvalue weighted by molar-refractivity contribution is 5.84. The van der Waals surface area contributed by atoms with Crippen LogP contribution in [0.4, 0.5) is 9.18 Å². The quantitative estimate of drug-likeness (QED) is 0.458. The van der Waals surface area contributed by atoms with E-state index < -0.39 is 17.9 Å². The molecule has 1 saturated heterocycles. The number of aromatic nitrogens is 2. The van der Waals surface area contributed by atoms with E-state index in [9.17, 15) is 23.9 Å². The Balaban J connectivity index is 1.10. The predicted molar refractivity (Wildman–Crippen MR) is 153 cm³/mol. The van der Waals surface area contributed by atoms with Crippen molar-refractivity contribution in [3.8, 4) is 11.1 Å². The van der Waals surface area contributed by atoms with Crippen LogP contribution in [0.2, 0.25) is 0 Å². The van der Waals surface area contributed by atoms with E-state index in [-0.39, 0.29) is 36.8 Å². The summed E-state index contributed by atoms with van der Waals surface area (Å²) in [7, 11) is 1.58. The van der Waals surface area contributed by atoms with Gasteiger partial charge in [-0.2, -0.15) is 5.10 Å². The average molecular weight is 588 g/mol. The largest absolute Gasteiger partial charge is 0.433 e. The number of nitrogens with one attached hydrogen (secondary N) is 1. The molecule has 2 aliphatic carbocycles. The highest BCUT2D eigenvalue weighted by atomic mass is 19.1. The number of likely N-dealkylation sites (N-methyl/N-ethyl adjacent to an activating group) is 1. The van der Waals surface area contributed by atoms with Gasteiger partial charge in [0, 0.05) is 43.4 Å².